The fourth-order valence-corrected chi connectivity index (χ4v) is 5.33. The molecule has 0 radical (unpaired) electrons. The summed E-state index contributed by atoms with van der Waals surface area (Å²) in [6.07, 6.45) is 6.65. The number of nitrogens with zero attached hydrogens (tertiary/aromatic N) is 4. The van der Waals surface area contributed by atoms with E-state index in [1.165, 1.54) is 12.8 Å². The van der Waals surface area contributed by atoms with Crippen LogP contribution in [0.25, 0.3) is 0 Å². The third-order valence-corrected chi connectivity index (χ3v) is 7.45. The van der Waals surface area contributed by atoms with Crippen LogP contribution in [0.3, 0.4) is 0 Å². The highest BCUT2D eigenvalue weighted by molar-refractivity contribution is 5.82. The molecule has 8 heteroatoms. The molecule has 0 spiro atoms. The molecule has 3 amide bonds. The lowest BCUT2D eigenvalue weighted by molar-refractivity contribution is -0.142. The van der Waals surface area contributed by atoms with Crippen LogP contribution < -0.4 is 4.74 Å². The Morgan fingerprint density at radius 3 is 2.14 bits per heavy atom. The van der Waals surface area contributed by atoms with E-state index in [1.807, 2.05) is 45.0 Å². The minimum atomic E-state index is -0.131. The maximum absolute atomic E-state index is 13.2. The molecule has 3 aliphatic heterocycles. The van der Waals surface area contributed by atoms with Gasteiger partial charge in [0.25, 0.3) is 0 Å². The largest absolute Gasteiger partial charge is 0.493 e. The molecule has 35 heavy (non-hydrogen) atoms. The highest BCUT2D eigenvalue weighted by atomic mass is 16.5. The topological polar surface area (TPSA) is 73.4 Å². The summed E-state index contributed by atoms with van der Waals surface area (Å²) in [6.45, 7) is 6.54. The van der Waals surface area contributed by atoms with E-state index in [0.717, 1.165) is 57.6 Å². The Morgan fingerprint density at radius 1 is 0.743 bits per heavy atom. The first-order chi connectivity index (χ1) is 17.1. The maximum Gasteiger partial charge on any atom is 0.236 e. The molecule has 8 nitrogen and oxygen atoms in total. The number of hydrogen-bond donors (Lipinski definition) is 0. The second-order valence-electron chi connectivity index (χ2n) is 9.99. The van der Waals surface area contributed by atoms with Gasteiger partial charge in [-0.25, -0.2) is 0 Å². The first kappa shape index (κ1) is 25.5. The van der Waals surface area contributed by atoms with Crippen LogP contribution in [-0.2, 0) is 14.4 Å². The first-order valence-corrected chi connectivity index (χ1v) is 13.3. The number of hydrogen-bond acceptors (Lipinski definition) is 5. The van der Waals surface area contributed by atoms with E-state index in [2.05, 4.69) is 4.90 Å². The summed E-state index contributed by atoms with van der Waals surface area (Å²) < 4.78 is 5.66. The molecule has 1 unspecified atom stereocenters. The quantitative estimate of drug-likeness (QED) is 0.594. The van der Waals surface area contributed by atoms with Gasteiger partial charge in [-0.3, -0.25) is 19.3 Å². The van der Waals surface area contributed by atoms with Crippen LogP contribution in [0.2, 0.25) is 0 Å². The van der Waals surface area contributed by atoms with Crippen molar-refractivity contribution in [3.8, 4) is 5.75 Å². The Labute approximate surface area is 209 Å². The summed E-state index contributed by atoms with van der Waals surface area (Å²) in [4.78, 5) is 46.6. The monoisotopic (exact) mass is 484 g/mol. The Balaban J connectivity index is 1.18. The maximum atomic E-state index is 13.2. The van der Waals surface area contributed by atoms with Crippen LogP contribution in [0.1, 0.15) is 44.9 Å². The summed E-state index contributed by atoms with van der Waals surface area (Å²) >= 11 is 0. The van der Waals surface area contributed by atoms with E-state index in [0.29, 0.717) is 45.8 Å². The molecule has 3 heterocycles. The van der Waals surface area contributed by atoms with Crippen LogP contribution in [-0.4, -0.2) is 103 Å². The van der Waals surface area contributed by atoms with Gasteiger partial charge in [-0.2, -0.15) is 0 Å². The molecular weight excluding hydrogens is 444 g/mol. The van der Waals surface area contributed by atoms with Crippen molar-refractivity contribution in [1.82, 2.24) is 19.6 Å². The van der Waals surface area contributed by atoms with E-state index < -0.39 is 0 Å². The molecule has 1 aromatic carbocycles. The average molecular weight is 485 g/mol. The first-order valence-electron chi connectivity index (χ1n) is 13.3. The molecule has 0 aromatic heterocycles. The zero-order valence-electron chi connectivity index (χ0n) is 20.9. The number of ether oxygens (including phenoxy) is 1. The van der Waals surface area contributed by atoms with Crippen molar-refractivity contribution in [2.45, 2.75) is 44.9 Å². The Kier molecular flexibility index (Phi) is 9.40. The van der Waals surface area contributed by atoms with E-state index >= 15 is 0 Å². The number of amides is 3. The average Bonchev–Trinajstić information content (AvgIpc) is 3.19. The zero-order valence-corrected chi connectivity index (χ0v) is 20.9. The molecule has 0 saturated carbocycles. The number of piperazine rings is 1. The van der Waals surface area contributed by atoms with Crippen LogP contribution in [0.15, 0.2) is 30.3 Å². The fourth-order valence-electron chi connectivity index (χ4n) is 5.33. The van der Waals surface area contributed by atoms with E-state index in [1.54, 1.807) is 0 Å². The van der Waals surface area contributed by atoms with Crippen molar-refractivity contribution in [3.63, 3.8) is 0 Å². The van der Waals surface area contributed by atoms with Crippen LogP contribution in [0, 0.1) is 5.92 Å². The van der Waals surface area contributed by atoms with Gasteiger partial charge in [-0.05, 0) is 37.8 Å². The molecule has 0 aliphatic carbocycles. The van der Waals surface area contributed by atoms with Gasteiger partial charge in [-0.15, -0.1) is 0 Å². The molecule has 3 fully saturated rings. The van der Waals surface area contributed by atoms with Crippen molar-refractivity contribution < 1.29 is 19.1 Å². The summed E-state index contributed by atoms with van der Waals surface area (Å²) in [5.41, 5.74) is 0. The number of carbonyl (C=O) groups excluding carboxylic acids is 3. The highest BCUT2D eigenvalue weighted by Crippen LogP contribution is 2.21. The van der Waals surface area contributed by atoms with Crippen molar-refractivity contribution in [3.05, 3.63) is 30.3 Å². The molecule has 4 rings (SSSR count). The highest BCUT2D eigenvalue weighted by Gasteiger charge is 2.33. The molecular formula is C27H40N4O4. The minimum absolute atomic E-state index is 0.0512. The normalized spacial score (nSPS) is 21.9. The second kappa shape index (κ2) is 12.9. The summed E-state index contributed by atoms with van der Waals surface area (Å²) in [6, 6.07) is 9.51. The minimum Gasteiger partial charge on any atom is -0.493 e. The number of para-hydroxylation sites is 1. The number of rotatable bonds is 7. The van der Waals surface area contributed by atoms with Crippen LogP contribution in [0.4, 0.5) is 0 Å². The number of likely N-dealkylation sites (tertiary alicyclic amines) is 2. The zero-order chi connectivity index (χ0) is 24.5. The van der Waals surface area contributed by atoms with Gasteiger partial charge in [0.1, 0.15) is 5.75 Å². The van der Waals surface area contributed by atoms with Crippen molar-refractivity contribution >= 4 is 17.7 Å². The van der Waals surface area contributed by atoms with Crippen LogP contribution >= 0.6 is 0 Å². The smallest absolute Gasteiger partial charge is 0.236 e. The summed E-state index contributed by atoms with van der Waals surface area (Å²) in [7, 11) is 0. The molecule has 0 bridgehead atoms. The van der Waals surface area contributed by atoms with Gasteiger partial charge >= 0.3 is 0 Å². The predicted octanol–water partition coefficient (Wildman–Crippen LogP) is 2.24. The van der Waals surface area contributed by atoms with Crippen molar-refractivity contribution in [2.75, 3.05) is 65.5 Å². The Morgan fingerprint density at radius 2 is 1.43 bits per heavy atom. The Hall–Kier alpha value is -2.61. The molecule has 1 atom stereocenters. The molecule has 3 aliphatic rings. The third kappa shape index (κ3) is 7.43. The van der Waals surface area contributed by atoms with Gasteiger partial charge < -0.3 is 19.4 Å². The van der Waals surface area contributed by atoms with Crippen molar-refractivity contribution in [2.24, 2.45) is 5.92 Å². The number of carbonyl (C=O) groups is 3. The lowest BCUT2D eigenvalue weighted by atomic mass is 9.96. The summed E-state index contributed by atoms with van der Waals surface area (Å²) in [5, 5.41) is 0. The molecule has 192 valence electrons. The van der Waals surface area contributed by atoms with Gasteiger partial charge in [0.05, 0.1) is 25.5 Å². The van der Waals surface area contributed by atoms with E-state index in [-0.39, 0.29) is 23.6 Å². The Bertz CT molecular complexity index is 833. The molecule has 0 N–H and O–H groups in total. The van der Waals surface area contributed by atoms with Gasteiger partial charge in [0.15, 0.2) is 0 Å². The SMILES string of the molecule is O=C(CN1CCN(C(=O)C2CCCN(C(=O)CCOc3ccccc3)C2)CC1)N1CCCCCC1. The van der Waals surface area contributed by atoms with E-state index in [9.17, 15) is 14.4 Å². The second-order valence-corrected chi connectivity index (χ2v) is 9.99. The standard InChI is InChI=1S/C27H40N4O4/c32-25(12-20-35-24-10-4-3-5-11-24)31-15-8-9-23(21-31)27(34)30-18-16-28(17-19-30)22-26(33)29-13-6-1-2-7-14-29/h3-5,10-11,23H,1-2,6-9,12-22H2. The van der Waals surface area contributed by atoms with Crippen molar-refractivity contribution in [1.29, 1.82) is 0 Å². The lowest BCUT2D eigenvalue weighted by Gasteiger charge is -2.39. The van der Waals surface area contributed by atoms with Gasteiger partial charge in [0.2, 0.25) is 17.7 Å². The fraction of sp³-hybridized carbons (Fsp3) is 0.667. The predicted molar refractivity (Wildman–Crippen MR) is 134 cm³/mol. The third-order valence-electron chi connectivity index (χ3n) is 7.45. The van der Waals surface area contributed by atoms with Crippen LogP contribution in [0.5, 0.6) is 5.75 Å². The summed E-state index contributed by atoms with van der Waals surface area (Å²) in [5.74, 6) is 1.06. The molecule has 3 saturated heterocycles. The lowest BCUT2D eigenvalue weighted by Crippen LogP contribution is -2.54. The van der Waals surface area contributed by atoms with E-state index in [4.69, 9.17) is 4.74 Å². The number of benzene rings is 1. The molecule has 1 aromatic rings. The van der Waals surface area contributed by atoms with Gasteiger partial charge in [-0.1, -0.05) is 31.0 Å². The number of piperidine rings is 1. The van der Waals surface area contributed by atoms with Gasteiger partial charge in [0, 0.05) is 52.4 Å².